The standard InChI is InChI=1S/C30H39N3O3/c1-35-29-12-6-5-11-27(29)33-19-17-31(18-20-33)22-26(34)23-36-30-14-13-25(24-9-3-2-4-10-24)21-28(30)32-15-7-8-16-32/h5-8,11-16,21,24,26,34H,2-4,9-10,17-20,22-23H2,1H3. The number of aliphatic hydroxyl groups excluding tert-OH is 1. The molecule has 2 fully saturated rings. The zero-order chi connectivity index (χ0) is 24.7. The van der Waals surface area contributed by atoms with Crippen LogP contribution in [0.5, 0.6) is 11.5 Å². The predicted octanol–water partition coefficient (Wildman–Crippen LogP) is 5.10. The van der Waals surface area contributed by atoms with E-state index in [1.165, 1.54) is 37.7 Å². The molecule has 0 spiro atoms. The Hall–Kier alpha value is -2.96. The summed E-state index contributed by atoms with van der Waals surface area (Å²) in [6.45, 7) is 4.52. The lowest BCUT2D eigenvalue weighted by Crippen LogP contribution is -2.49. The van der Waals surface area contributed by atoms with Gasteiger partial charge in [-0.2, -0.15) is 0 Å². The Morgan fingerprint density at radius 1 is 0.861 bits per heavy atom. The summed E-state index contributed by atoms with van der Waals surface area (Å²) in [5.74, 6) is 2.38. The van der Waals surface area contributed by atoms with E-state index in [0.29, 0.717) is 12.5 Å². The second kappa shape index (κ2) is 11.8. The van der Waals surface area contributed by atoms with Gasteiger partial charge in [-0.05, 0) is 60.7 Å². The van der Waals surface area contributed by atoms with Crippen LogP contribution >= 0.6 is 0 Å². The van der Waals surface area contributed by atoms with Crippen molar-refractivity contribution >= 4 is 5.69 Å². The number of anilines is 1. The summed E-state index contributed by atoms with van der Waals surface area (Å²) in [7, 11) is 1.72. The summed E-state index contributed by atoms with van der Waals surface area (Å²) in [4.78, 5) is 4.68. The van der Waals surface area contributed by atoms with E-state index in [9.17, 15) is 5.11 Å². The van der Waals surface area contributed by atoms with Crippen LogP contribution in [0.15, 0.2) is 67.0 Å². The van der Waals surface area contributed by atoms with Crippen LogP contribution in [0.25, 0.3) is 5.69 Å². The van der Waals surface area contributed by atoms with Gasteiger partial charge >= 0.3 is 0 Å². The highest BCUT2D eigenvalue weighted by Crippen LogP contribution is 2.36. The average Bonchev–Trinajstić information content (AvgIpc) is 3.48. The van der Waals surface area contributed by atoms with Crippen molar-refractivity contribution in [1.82, 2.24) is 9.47 Å². The van der Waals surface area contributed by atoms with Crippen LogP contribution in [0, 0.1) is 0 Å². The summed E-state index contributed by atoms with van der Waals surface area (Å²) < 4.78 is 13.8. The lowest BCUT2D eigenvalue weighted by molar-refractivity contribution is 0.0662. The SMILES string of the molecule is COc1ccccc1N1CCN(CC(O)COc2ccc(C3CCCCC3)cc2-n2cccc2)CC1. The molecule has 1 atom stereocenters. The monoisotopic (exact) mass is 489 g/mol. The van der Waals surface area contributed by atoms with E-state index in [1.807, 2.05) is 24.3 Å². The Bertz CT molecular complexity index is 1090. The molecule has 0 amide bonds. The van der Waals surface area contributed by atoms with E-state index < -0.39 is 6.10 Å². The molecule has 0 bridgehead atoms. The molecule has 6 nitrogen and oxygen atoms in total. The molecule has 1 aromatic heterocycles. The number of piperazine rings is 1. The first kappa shape index (κ1) is 24.7. The molecular weight excluding hydrogens is 450 g/mol. The third-order valence-electron chi connectivity index (χ3n) is 7.64. The van der Waals surface area contributed by atoms with Crippen molar-refractivity contribution in [2.75, 3.05) is 51.3 Å². The second-order valence-electron chi connectivity index (χ2n) is 10.1. The van der Waals surface area contributed by atoms with Gasteiger partial charge in [0.2, 0.25) is 0 Å². The minimum Gasteiger partial charge on any atom is -0.495 e. The molecule has 1 unspecified atom stereocenters. The number of nitrogens with zero attached hydrogens (tertiary/aromatic N) is 3. The zero-order valence-corrected chi connectivity index (χ0v) is 21.4. The van der Waals surface area contributed by atoms with Gasteiger partial charge in [-0.15, -0.1) is 0 Å². The lowest BCUT2D eigenvalue weighted by atomic mass is 9.84. The van der Waals surface area contributed by atoms with Gasteiger partial charge in [0.05, 0.1) is 18.5 Å². The molecule has 1 saturated heterocycles. The van der Waals surface area contributed by atoms with E-state index in [2.05, 4.69) is 57.1 Å². The molecule has 1 N–H and O–H groups in total. The molecule has 1 aliphatic carbocycles. The van der Waals surface area contributed by atoms with Gasteiger partial charge in [-0.3, -0.25) is 4.90 Å². The fraction of sp³-hybridized carbons (Fsp3) is 0.467. The summed E-state index contributed by atoms with van der Waals surface area (Å²) in [6.07, 6.45) is 10.1. The van der Waals surface area contributed by atoms with Crippen LogP contribution in [-0.2, 0) is 0 Å². The van der Waals surface area contributed by atoms with E-state index in [-0.39, 0.29) is 6.61 Å². The number of benzene rings is 2. The third-order valence-corrected chi connectivity index (χ3v) is 7.64. The Balaban J connectivity index is 1.17. The van der Waals surface area contributed by atoms with Crippen LogP contribution in [0.3, 0.4) is 0 Å². The molecule has 2 aromatic carbocycles. The third kappa shape index (κ3) is 5.88. The van der Waals surface area contributed by atoms with Crippen LogP contribution in [-0.4, -0.2) is 67.1 Å². The van der Waals surface area contributed by atoms with Gasteiger partial charge in [0.15, 0.2) is 0 Å². The Kier molecular flexibility index (Phi) is 8.14. The van der Waals surface area contributed by atoms with E-state index in [0.717, 1.165) is 49.1 Å². The normalized spacial score (nSPS) is 18.2. The maximum Gasteiger partial charge on any atom is 0.143 e. The second-order valence-corrected chi connectivity index (χ2v) is 10.1. The fourth-order valence-corrected chi connectivity index (χ4v) is 5.64. The molecule has 192 valence electrons. The van der Waals surface area contributed by atoms with Crippen LogP contribution in [0.4, 0.5) is 5.69 Å². The Morgan fingerprint density at radius 2 is 1.61 bits per heavy atom. The summed E-state index contributed by atoms with van der Waals surface area (Å²) in [5.41, 5.74) is 3.60. The molecule has 6 heteroatoms. The molecule has 5 rings (SSSR count). The topological polar surface area (TPSA) is 50.1 Å². The number of aromatic nitrogens is 1. The minimum atomic E-state index is -0.543. The molecule has 2 heterocycles. The molecule has 1 aliphatic heterocycles. The molecule has 36 heavy (non-hydrogen) atoms. The van der Waals surface area contributed by atoms with Crippen molar-refractivity contribution in [2.45, 2.75) is 44.1 Å². The first-order valence-corrected chi connectivity index (χ1v) is 13.4. The van der Waals surface area contributed by atoms with Crippen molar-refractivity contribution in [1.29, 1.82) is 0 Å². The van der Waals surface area contributed by atoms with Crippen molar-refractivity contribution < 1.29 is 14.6 Å². The highest BCUT2D eigenvalue weighted by Gasteiger charge is 2.22. The van der Waals surface area contributed by atoms with Crippen LogP contribution in [0.2, 0.25) is 0 Å². The van der Waals surface area contributed by atoms with Gasteiger partial charge in [-0.1, -0.05) is 37.5 Å². The maximum absolute atomic E-state index is 10.8. The van der Waals surface area contributed by atoms with Gasteiger partial charge in [0.25, 0.3) is 0 Å². The predicted molar refractivity (Wildman–Crippen MR) is 145 cm³/mol. The smallest absolute Gasteiger partial charge is 0.143 e. The quantitative estimate of drug-likeness (QED) is 0.453. The van der Waals surface area contributed by atoms with Gasteiger partial charge < -0.3 is 24.0 Å². The number of ether oxygens (including phenoxy) is 2. The van der Waals surface area contributed by atoms with Crippen molar-refractivity contribution in [2.24, 2.45) is 0 Å². The van der Waals surface area contributed by atoms with Crippen molar-refractivity contribution in [3.63, 3.8) is 0 Å². The van der Waals surface area contributed by atoms with Gasteiger partial charge in [0.1, 0.15) is 24.2 Å². The number of para-hydroxylation sites is 2. The van der Waals surface area contributed by atoms with Crippen LogP contribution in [0.1, 0.15) is 43.6 Å². The molecular formula is C30H39N3O3. The summed E-state index contributed by atoms with van der Waals surface area (Å²) >= 11 is 0. The highest BCUT2D eigenvalue weighted by molar-refractivity contribution is 5.58. The fourth-order valence-electron chi connectivity index (χ4n) is 5.64. The molecule has 0 radical (unpaired) electrons. The lowest BCUT2D eigenvalue weighted by Gasteiger charge is -2.37. The van der Waals surface area contributed by atoms with Crippen LogP contribution < -0.4 is 14.4 Å². The first-order chi connectivity index (χ1) is 17.7. The highest BCUT2D eigenvalue weighted by atomic mass is 16.5. The first-order valence-electron chi connectivity index (χ1n) is 13.4. The number of hydrogen-bond acceptors (Lipinski definition) is 5. The van der Waals surface area contributed by atoms with E-state index in [4.69, 9.17) is 9.47 Å². The Morgan fingerprint density at radius 3 is 2.36 bits per heavy atom. The van der Waals surface area contributed by atoms with Gasteiger partial charge in [-0.25, -0.2) is 0 Å². The number of β-amino-alcohol motifs (C(OH)–C–C–N with tert-alkyl or cyclic N) is 1. The van der Waals surface area contributed by atoms with Gasteiger partial charge in [0, 0.05) is 45.1 Å². The molecule has 2 aliphatic rings. The zero-order valence-electron chi connectivity index (χ0n) is 21.4. The Labute approximate surface area is 215 Å². The number of hydrogen-bond donors (Lipinski definition) is 1. The van der Waals surface area contributed by atoms with E-state index >= 15 is 0 Å². The number of aliphatic hydroxyl groups is 1. The molecule has 1 saturated carbocycles. The largest absolute Gasteiger partial charge is 0.495 e. The number of rotatable bonds is 9. The summed E-state index contributed by atoms with van der Waals surface area (Å²) in [5, 5.41) is 10.8. The van der Waals surface area contributed by atoms with Crippen molar-refractivity contribution in [3.05, 3.63) is 72.6 Å². The average molecular weight is 490 g/mol. The maximum atomic E-state index is 10.8. The summed E-state index contributed by atoms with van der Waals surface area (Å²) in [6, 6.07) is 18.8. The van der Waals surface area contributed by atoms with E-state index in [1.54, 1.807) is 7.11 Å². The minimum absolute atomic E-state index is 0.282. The molecule has 3 aromatic rings. The number of methoxy groups -OCH3 is 1. The van der Waals surface area contributed by atoms with Crippen molar-refractivity contribution in [3.8, 4) is 17.2 Å².